The number of halogens is 1. The summed E-state index contributed by atoms with van der Waals surface area (Å²) in [6.07, 6.45) is 3.38. The summed E-state index contributed by atoms with van der Waals surface area (Å²) in [5.41, 5.74) is 2.09. The van der Waals surface area contributed by atoms with Gasteiger partial charge in [-0.1, -0.05) is 41.1 Å². The Kier molecular flexibility index (Phi) is 5.34. The fourth-order valence-electron chi connectivity index (χ4n) is 2.21. The van der Waals surface area contributed by atoms with Gasteiger partial charge >= 0.3 is 0 Å². The number of aliphatic hydroxyl groups is 1. The second kappa shape index (κ2) is 7.02. The van der Waals surface area contributed by atoms with Crippen molar-refractivity contribution in [3.05, 3.63) is 52.3 Å². The molecule has 2 rings (SSSR count). The average Bonchev–Trinajstić information content (AvgIpc) is 2.83. The molecule has 2 aromatic rings. The zero-order valence-corrected chi connectivity index (χ0v) is 13.4. The van der Waals surface area contributed by atoms with Crippen LogP contribution in [0, 0.1) is 0 Å². The smallest absolute Gasteiger partial charge is 0.0927 e. The number of hydrogen-bond donors (Lipinski definition) is 1. The largest absolute Gasteiger partial charge is 0.387 e. The number of nitrogens with zero attached hydrogens (tertiary/aromatic N) is 3. The van der Waals surface area contributed by atoms with E-state index in [-0.39, 0.29) is 0 Å². The van der Waals surface area contributed by atoms with E-state index in [0.29, 0.717) is 6.54 Å². The molecule has 0 bridgehead atoms. The Morgan fingerprint density at radius 2 is 2.15 bits per heavy atom. The molecule has 0 saturated carbocycles. The van der Waals surface area contributed by atoms with Crippen molar-refractivity contribution in [3.63, 3.8) is 0 Å². The molecule has 20 heavy (non-hydrogen) atoms. The summed E-state index contributed by atoms with van der Waals surface area (Å²) >= 11 is 3.49. The molecule has 0 saturated heterocycles. The van der Waals surface area contributed by atoms with Crippen molar-refractivity contribution < 1.29 is 5.11 Å². The van der Waals surface area contributed by atoms with Crippen LogP contribution in [0.3, 0.4) is 0 Å². The molecule has 108 valence electrons. The summed E-state index contributed by atoms with van der Waals surface area (Å²) in [7, 11) is 1.91. The van der Waals surface area contributed by atoms with Crippen molar-refractivity contribution in [1.82, 2.24) is 14.7 Å². The summed E-state index contributed by atoms with van der Waals surface area (Å²) in [5.74, 6) is 0. The molecule has 0 spiro atoms. The quantitative estimate of drug-likeness (QED) is 0.881. The van der Waals surface area contributed by atoms with Crippen molar-refractivity contribution in [2.24, 2.45) is 7.05 Å². The van der Waals surface area contributed by atoms with Crippen LogP contribution in [0.1, 0.15) is 24.2 Å². The average molecular weight is 338 g/mol. The third kappa shape index (κ3) is 3.91. The Labute approximate surface area is 128 Å². The minimum atomic E-state index is -0.498. The lowest BCUT2D eigenvalue weighted by Gasteiger charge is -2.23. The SMILES string of the molecule is CCN(Cc1cnn(C)c1)C[C@@H](O)c1ccccc1Br. The molecule has 1 heterocycles. The molecule has 1 aromatic heterocycles. The summed E-state index contributed by atoms with van der Waals surface area (Å²) < 4.78 is 2.75. The van der Waals surface area contributed by atoms with Gasteiger partial charge in [-0.15, -0.1) is 0 Å². The highest BCUT2D eigenvalue weighted by molar-refractivity contribution is 9.10. The van der Waals surface area contributed by atoms with Gasteiger partial charge in [0.1, 0.15) is 0 Å². The van der Waals surface area contributed by atoms with E-state index in [1.807, 2.05) is 43.7 Å². The third-order valence-electron chi connectivity index (χ3n) is 3.31. The highest BCUT2D eigenvalue weighted by Gasteiger charge is 2.15. The first kappa shape index (κ1) is 15.2. The van der Waals surface area contributed by atoms with Crippen LogP contribution in [-0.4, -0.2) is 32.9 Å². The molecule has 5 heteroatoms. The number of likely N-dealkylation sites (N-methyl/N-ethyl adjacent to an activating group) is 1. The first-order valence-electron chi connectivity index (χ1n) is 6.72. The normalized spacial score (nSPS) is 12.8. The molecular weight excluding hydrogens is 318 g/mol. The maximum atomic E-state index is 10.4. The number of aromatic nitrogens is 2. The first-order chi connectivity index (χ1) is 9.60. The van der Waals surface area contributed by atoms with Gasteiger partial charge in [-0.05, 0) is 18.2 Å². The second-order valence-electron chi connectivity index (χ2n) is 4.89. The van der Waals surface area contributed by atoms with Gasteiger partial charge in [0.2, 0.25) is 0 Å². The number of rotatable bonds is 6. The fraction of sp³-hybridized carbons (Fsp3) is 0.400. The van der Waals surface area contributed by atoms with Crippen LogP contribution in [-0.2, 0) is 13.6 Å². The van der Waals surface area contributed by atoms with Gasteiger partial charge in [-0.3, -0.25) is 9.58 Å². The molecule has 0 fully saturated rings. The van der Waals surface area contributed by atoms with E-state index in [1.165, 1.54) is 0 Å². The van der Waals surface area contributed by atoms with E-state index in [9.17, 15) is 5.11 Å². The van der Waals surface area contributed by atoms with Gasteiger partial charge in [0.25, 0.3) is 0 Å². The minimum Gasteiger partial charge on any atom is -0.387 e. The number of aliphatic hydroxyl groups excluding tert-OH is 1. The highest BCUT2D eigenvalue weighted by Crippen LogP contribution is 2.24. The summed E-state index contributed by atoms with van der Waals surface area (Å²) in [6, 6.07) is 7.80. The van der Waals surface area contributed by atoms with Crippen LogP contribution in [0.25, 0.3) is 0 Å². The molecular formula is C15H20BrN3O. The van der Waals surface area contributed by atoms with Crippen LogP contribution in [0.15, 0.2) is 41.1 Å². The van der Waals surface area contributed by atoms with Crippen LogP contribution in [0.5, 0.6) is 0 Å². The van der Waals surface area contributed by atoms with Gasteiger partial charge < -0.3 is 5.11 Å². The van der Waals surface area contributed by atoms with E-state index in [1.54, 1.807) is 4.68 Å². The van der Waals surface area contributed by atoms with Crippen LogP contribution in [0.4, 0.5) is 0 Å². The van der Waals surface area contributed by atoms with E-state index in [4.69, 9.17) is 0 Å². The third-order valence-corrected chi connectivity index (χ3v) is 4.03. The molecule has 0 amide bonds. The lowest BCUT2D eigenvalue weighted by atomic mass is 10.1. The van der Waals surface area contributed by atoms with Crippen LogP contribution < -0.4 is 0 Å². The standard InChI is InChI=1S/C15H20BrN3O/c1-3-19(10-12-8-17-18(2)9-12)11-15(20)13-6-4-5-7-14(13)16/h4-9,15,20H,3,10-11H2,1-2H3/t15-/m1/s1. The Morgan fingerprint density at radius 1 is 1.40 bits per heavy atom. The molecule has 0 aliphatic heterocycles. The molecule has 0 aliphatic rings. The summed E-state index contributed by atoms with van der Waals surface area (Å²) in [4.78, 5) is 2.21. The number of benzene rings is 1. The topological polar surface area (TPSA) is 41.3 Å². The molecule has 1 N–H and O–H groups in total. The van der Waals surface area contributed by atoms with Gasteiger partial charge in [0.15, 0.2) is 0 Å². The predicted molar refractivity (Wildman–Crippen MR) is 83.3 cm³/mol. The minimum absolute atomic E-state index is 0.498. The predicted octanol–water partition coefficient (Wildman–Crippen LogP) is 2.74. The molecule has 1 aromatic carbocycles. The number of hydrogen-bond acceptors (Lipinski definition) is 3. The van der Waals surface area contributed by atoms with Crippen molar-refractivity contribution in [1.29, 1.82) is 0 Å². The van der Waals surface area contributed by atoms with Crippen molar-refractivity contribution in [3.8, 4) is 0 Å². The Balaban J connectivity index is 2.01. The van der Waals surface area contributed by atoms with E-state index >= 15 is 0 Å². The van der Waals surface area contributed by atoms with Gasteiger partial charge in [-0.2, -0.15) is 5.10 Å². The molecule has 1 atom stereocenters. The fourth-order valence-corrected chi connectivity index (χ4v) is 2.75. The van der Waals surface area contributed by atoms with E-state index < -0.39 is 6.10 Å². The molecule has 0 aliphatic carbocycles. The molecule has 0 radical (unpaired) electrons. The van der Waals surface area contributed by atoms with Gasteiger partial charge in [-0.25, -0.2) is 0 Å². The van der Waals surface area contributed by atoms with Crippen molar-refractivity contribution >= 4 is 15.9 Å². The van der Waals surface area contributed by atoms with Crippen LogP contribution >= 0.6 is 15.9 Å². The zero-order valence-electron chi connectivity index (χ0n) is 11.8. The first-order valence-corrected chi connectivity index (χ1v) is 7.51. The Morgan fingerprint density at radius 3 is 2.75 bits per heavy atom. The Bertz CT molecular complexity index is 556. The summed E-state index contributed by atoms with van der Waals surface area (Å²) in [6.45, 7) is 4.39. The maximum Gasteiger partial charge on any atom is 0.0927 e. The lowest BCUT2D eigenvalue weighted by molar-refractivity contribution is 0.112. The molecule has 4 nitrogen and oxygen atoms in total. The summed E-state index contributed by atoms with van der Waals surface area (Å²) in [5, 5.41) is 14.6. The van der Waals surface area contributed by atoms with Gasteiger partial charge in [0.05, 0.1) is 12.3 Å². The number of aryl methyl sites for hydroxylation is 1. The van der Waals surface area contributed by atoms with E-state index in [0.717, 1.165) is 28.7 Å². The van der Waals surface area contributed by atoms with E-state index in [2.05, 4.69) is 32.9 Å². The van der Waals surface area contributed by atoms with Crippen LogP contribution in [0.2, 0.25) is 0 Å². The monoisotopic (exact) mass is 337 g/mol. The molecule has 0 unspecified atom stereocenters. The lowest BCUT2D eigenvalue weighted by Crippen LogP contribution is -2.28. The Hall–Kier alpha value is -1.17. The second-order valence-corrected chi connectivity index (χ2v) is 5.74. The zero-order chi connectivity index (χ0) is 14.5. The van der Waals surface area contributed by atoms with Crippen molar-refractivity contribution in [2.45, 2.75) is 19.6 Å². The van der Waals surface area contributed by atoms with Gasteiger partial charge in [0, 0.05) is 36.4 Å². The van der Waals surface area contributed by atoms with Crippen molar-refractivity contribution in [2.75, 3.05) is 13.1 Å². The highest BCUT2D eigenvalue weighted by atomic mass is 79.9. The maximum absolute atomic E-state index is 10.4.